The molecule has 2 aromatic carbocycles. The van der Waals surface area contributed by atoms with E-state index in [9.17, 15) is 4.79 Å². The van der Waals surface area contributed by atoms with Gasteiger partial charge in [-0.2, -0.15) is 0 Å². The zero-order chi connectivity index (χ0) is 20.3. The Bertz CT molecular complexity index is 1070. The van der Waals surface area contributed by atoms with Gasteiger partial charge in [-0.05, 0) is 0 Å². The first-order valence-electron chi connectivity index (χ1n) is 10.9. The summed E-state index contributed by atoms with van der Waals surface area (Å²) in [7, 11) is 0. The molecule has 29 heavy (non-hydrogen) atoms. The molecule has 152 valence electrons. The van der Waals surface area contributed by atoms with Crippen molar-refractivity contribution in [2.24, 2.45) is 16.7 Å². The molecule has 1 amide bonds. The van der Waals surface area contributed by atoms with Crippen LogP contribution in [0.15, 0.2) is 54.6 Å². The zero-order valence-corrected chi connectivity index (χ0v) is 18.6. The van der Waals surface area contributed by atoms with E-state index in [1.807, 2.05) is 18.2 Å². The van der Waals surface area contributed by atoms with Gasteiger partial charge in [0.25, 0.3) is 0 Å². The van der Waals surface area contributed by atoms with Gasteiger partial charge >= 0.3 is 173 Å². The van der Waals surface area contributed by atoms with E-state index in [1.54, 1.807) is 0 Å². The second kappa shape index (κ2) is 4.95. The predicted octanol–water partition coefficient (Wildman–Crippen LogP) is 4.77. The Labute approximate surface area is 173 Å². The first kappa shape index (κ1) is 18.1. The number of rotatable bonds is 1. The molecule has 0 unspecified atom stereocenters. The SMILES string of the molecule is C[C@@H]1[C@]2(C[C@H]3CC[C@]2(C)C3(C)C)OP12(c1ccccc1)NC(=O)c1ccccc12. The zero-order valence-electron chi connectivity index (χ0n) is 17.7. The molecule has 2 aliphatic heterocycles. The molecule has 2 heterocycles. The fraction of sp³-hybridized carbons (Fsp3) is 0.480. The van der Waals surface area contributed by atoms with Crippen molar-refractivity contribution in [2.45, 2.75) is 58.2 Å². The Hall–Kier alpha value is -1.70. The van der Waals surface area contributed by atoms with Gasteiger partial charge in [-0.3, -0.25) is 0 Å². The van der Waals surface area contributed by atoms with E-state index < -0.39 is 6.98 Å². The number of benzene rings is 2. The van der Waals surface area contributed by atoms with Crippen LogP contribution < -0.4 is 15.7 Å². The van der Waals surface area contributed by atoms with E-state index in [2.05, 4.69) is 69.2 Å². The molecule has 4 heteroatoms. The number of hydrogen-bond acceptors (Lipinski definition) is 2. The number of carbonyl (C=O) groups excluding carboxylic acids is 1. The van der Waals surface area contributed by atoms with Crippen LogP contribution >= 0.6 is 6.98 Å². The summed E-state index contributed by atoms with van der Waals surface area (Å²) < 4.78 is 7.49. The van der Waals surface area contributed by atoms with Crippen LogP contribution in [0.1, 0.15) is 57.3 Å². The molecule has 2 saturated carbocycles. The molecule has 3 nitrogen and oxygen atoms in total. The number of nitrogens with one attached hydrogen (secondary N) is 1. The van der Waals surface area contributed by atoms with Crippen molar-refractivity contribution >= 4 is 23.5 Å². The summed E-state index contributed by atoms with van der Waals surface area (Å²) in [5, 5.41) is 5.81. The van der Waals surface area contributed by atoms with Gasteiger partial charge in [-0.25, -0.2) is 0 Å². The number of hydrogen-bond donors (Lipinski definition) is 1. The van der Waals surface area contributed by atoms with E-state index >= 15 is 0 Å². The second-order valence-corrected chi connectivity index (χ2v) is 14.9. The summed E-state index contributed by atoms with van der Waals surface area (Å²) in [6.45, 7) is 6.43. The van der Waals surface area contributed by atoms with E-state index in [4.69, 9.17) is 4.52 Å². The van der Waals surface area contributed by atoms with Gasteiger partial charge in [0.05, 0.1) is 0 Å². The van der Waals surface area contributed by atoms with Gasteiger partial charge in [0, 0.05) is 0 Å². The van der Waals surface area contributed by atoms with E-state index in [0.717, 1.165) is 17.3 Å². The van der Waals surface area contributed by atoms with Crippen molar-refractivity contribution < 1.29 is 9.32 Å². The maximum atomic E-state index is 13.2. The maximum absolute atomic E-state index is 13.2. The average molecular weight is 407 g/mol. The molecule has 4 aliphatic rings. The van der Waals surface area contributed by atoms with E-state index in [-0.39, 0.29) is 28.0 Å². The Balaban J connectivity index is 1.63. The third-order valence-electron chi connectivity index (χ3n) is 9.91. The van der Waals surface area contributed by atoms with Crippen molar-refractivity contribution in [3.63, 3.8) is 0 Å². The second-order valence-electron chi connectivity index (χ2n) is 10.5. The Morgan fingerprint density at radius 3 is 2.34 bits per heavy atom. The van der Waals surface area contributed by atoms with Crippen LogP contribution in [-0.4, -0.2) is 17.2 Å². The van der Waals surface area contributed by atoms with Crippen LogP contribution in [0.4, 0.5) is 0 Å². The van der Waals surface area contributed by atoms with Crippen LogP contribution in [0.3, 0.4) is 0 Å². The molecule has 2 bridgehead atoms. The summed E-state index contributed by atoms with van der Waals surface area (Å²) in [5.74, 6) is 0.719. The summed E-state index contributed by atoms with van der Waals surface area (Å²) in [4.78, 5) is 13.2. The summed E-state index contributed by atoms with van der Waals surface area (Å²) in [6, 6.07) is 18.7. The van der Waals surface area contributed by atoms with Crippen molar-refractivity contribution in [3.8, 4) is 0 Å². The topological polar surface area (TPSA) is 38.3 Å². The van der Waals surface area contributed by atoms with Gasteiger partial charge in [-0.15, -0.1) is 0 Å². The van der Waals surface area contributed by atoms with Crippen LogP contribution in [0.2, 0.25) is 0 Å². The summed E-state index contributed by atoms with van der Waals surface area (Å²) in [5.41, 5.74) is 1.28. The van der Waals surface area contributed by atoms with Gasteiger partial charge in [0.15, 0.2) is 0 Å². The van der Waals surface area contributed by atoms with Crippen molar-refractivity contribution in [1.82, 2.24) is 5.09 Å². The third-order valence-corrected chi connectivity index (χ3v) is 15.8. The van der Waals surface area contributed by atoms with E-state index in [0.29, 0.717) is 5.92 Å². The van der Waals surface area contributed by atoms with Gasteiger partial charge < -0.3 is 0 Å². The van der Waals surface area contributed by atoms with Gasteiger partial charge in [-0.1, -0.05) is 0 Å². The summed E-state index contributed by atoms with van der Waals surface area (Å²) in [6.07, 6.45) is 3.62. The average Bonchev–Trinajstić information content (AvgIpc) is 3.20. The molecule has 2 aromatic rings. The normalized spacial score (nSPS) is 40.8. The standard InChI is InChI=1S/C25H30NO2P/c1-17-25(16-18-14-15-24(25,4)23(18,2)3)28-29(17,19-10-6-5-7-11-19)21-13-9-8-12-20(21)22(27)26-29/h5-13,17-18H,14-16H2,1-4H3,(H,26,27)/t17-,18-,24-,25+/m1/s1. The number of amides is 1. The van der Waals surface area contributed by atoms with Crippen LogP contribution in [-0.2, 0) is 4.52 Å². The molecule has 0 radical (unpaired) electrons. The first-order chi connectivity index (χ1) is 13.7. The quantitative estimate of drug-likeness (QED) is 0.692. The number of fused-ring (bicyclic) bond motifs is 5. The number of carbonyl (C=O) groups is 1. The molecule has 4 atom stereocenters. The van der Waals surface area contributed by atoms with Crippen molar-refractivity contribution in [2.75, 3.05) is 0 Å². The van der Waals surface area contributed by atoms with Gasteiger partial charge in [0.2, 0.25) is 0 Å². The van der Waals surface area contributed by atoms with Crippen molar-refractivity contribution in [3.05, 3.63) is 60.2 Å². The Morgan fingerprint density at radius 1 is 1.03 bits per heavy atom. The molecule has 2 spiro atoms. The molecule has 2 aliphatic carbocycles. The molecule has 1 N–H and O–H groups in total. The van der Waals surface area contributed by atoms with Crippen LogP contribution in [0, 0.1) is 16.7 Å². The van der Waals surface area contributed by atoms with Crippen LogP contribution in [0.25, 0.3) is 0 Å². The molecule has 6 rings (SSSR count). The fourth-order valence-corrected chi connectivity index (χ4v) is 14.4. The monoisotopic (exact) mass is 407 g/mol. The molecule has 0 aromatic heterocycles. The molecule has 3 fully saturated rings. The van der Waals surface area contributed by atoms with E-state index in [1.165, 1.54) is 18.1 Å². The van der Waals surface area contributed by atoms with Crippen LogP contribution in [0.5, 0.6) is 0 Å². The fourth-order valence-electron chi connectivity index (χ4n) is 7.87. The minimum absolute atomic E-state index is 0.0244. The minimum atomic E-state index is -3.29. The molecular formula is C25H30NO2P. The Morgan fingerprint density at radius 2 is 1.72 bits per heavy atom. The summed E-state index contributed by atoms with van der Waals surface area (Å²) >= 11 is 0. The van der Waals surface area contributed by atoms with Gasteiger partial charge in [0.1, 0.15) is 0 Å². The molecule has 1 saturated heterocycles. The first-order valence-corrected chi connectivity index (χ1v) is 13.2. The Kier molecular flexibility index (Phi) is 3.09. The molecular weight excluding hydrogens is 377 g/mol. The third kappa shape index (κ3) is 1.57. The predicted molar refractivity (Wildman–Crippen MR) is 119 cm³/mol. The van der Waals surface area contributed by atoms with Crippen molar-refractivity contribution in [1.29, 1.82) is 0 Å².